The number of methoxy groups -OCH3 is 1. The van der Waals surface area contributed by atoms with Crippen LogP contribution in [0.25, 0.3) is 22.4 Å². The van der Waals surface area contributed by atoms with Crippen LogP contribution in [0.2, 0.25) is 0 Å². The number of aromatic nitrogens is 4. The molecule has 2 aromatic carbocycles. The summed E-state index contributed by atoms with van der Waals surface area (Å²) < 4.78 is 4.77. The molecule has 2 saturated heterocycles. The van der Waals surface area contributed by atoms with Crippen LogP contribution in [0.1, 0.15) is 88.4 Å². The molecule has 6 rings (SSSR count). The van der Waals surface area contributed by atoms with Crippen molar-refractivity contribution >= 4 is 24.0 Å². The lowest BCUT2D eigenvalue weighted by atomic mass is 9.96. The number of carboxylic acid groups (broad SMARTS) is 1. The maximum absolute atomic E-state index is 13.6. The number of rotatable bonds is 10. The number of aromatic amines is 2. The number of nitrogens with one attached hydrogen (secondary N) is 4. The molecular weight excluding hydrogens is 725 g/mol. The van der Waals surface area contributed by atoms with Crippen molar-refractivity contribution in [2.75, 3.05) is 20.2 Å². The molecule has 3 unspecified atom stereocenters. The second-order valence-corrected chi connectivity index (χ2v) is 14.9. The zero-order valence-electron chi connectivity index (χ0n) is 32.8. The van der Waals surface area contributed by atoms with Gasteiger partial charge in [-0.1, -0.05) is 70.0 Å². The van der Waals surface area contributed by atoms with E-state index in [4.69, 9.17) is 9.72 Å². The first-order valence-corrected chi connectivity index (χ1v) is 19.2. The summed E-state index contributed by atoms with van der Waals surface area (Å²) in [4.78, 5) is 69.7. The highest BCUT2D eigenvalue weighted by Crippen LogP contribution is 2.35. The lowest BCUT2D eigenvalue weighted by Gasteiger charge is -2.30. The summed E-state index contributed by atoms with van der Waals surface area (Å²) in [5.74, 6) is 12.7. The second-order valence-electron chi connectivity index (χ2n) is 14.9. The number of alkyl carbamates (subject to hydrolysis) is 1. The van der Waals surface area contributed by atoms with Crippen LogP contribution in [0.3, 0.4) is 0 Å². The van der Waals surface area contributed by atoms with Gasteiger partial charge >= 0.3 is 12.2 Å². The Bertz CT molecular complexity index is 2220. The Kier molecular flexibility index (Phi) is 12.6. The standard InChI is InChI=1S/C43H48N8O6/c1-26(2)36(48-42(54)55)40(52)50-21-11-17-34(50)38-44-24-31(46-38)16-10-9-15-29-19-20-30(23-32(29)28-13-7-6-8-14-28)33-25-45-39(47-33)35-18-12-22-51(35)41(53)37(27(3)4)49-43(56)57-5/h6-8,13-14,19-20,23-27,34-37,48H,11-12,17-18,21-22H2,1-5H3,(H,44,46)(H,45,47)(H,49,56)(H,54,55)/t34?,35?,36-,37?/m0/s1. The average molecular weight is 773 g/mol. The number of H-pyrrole nitrogens is 2. The molecule has 14 nitrogen and oxygen atoms in total. The highest BCUT2D eigenvalue weighted by Gasteiger charge is 2.38. The number of ether oxygens (including phenoxy) is 1. The Labute approximate surface area is 332 Å². The summed E-state index contributed by atoms with van der Waals surface area (Å²) in [6.45, 7) is 8.48. The fourth-order valence-electron chi connectivity index (χ4n) is 7.43. The van der Waals surface area contributed by atoms with E-state index in [1.165, 1.54) is 7.11 Å². The Balaban J connectivity index is 1.20. The molecule has 0 aliphatic carbocycles. The van der Waals surface area contributed by atoms with E-state index < -0.39 is 24.3 Å². The summed E-state index contributed by atoms with van der Waals surface area (Å²) >= 11 is 0. The van der Waals surface area contributed by atoms with Gasteiger partial charge in [0.05, 0.1) is 37.3 Å². The fourth-order valence-corrected chi connectivity index (χ4v) is 7.43. The summed E-state index contributed by atoms with van der Waals surface area (Å²) in [5, 5.41) is 14.3. The highest BCUT2D eigenvalue weighted by atomic mass is 16.5. The third-order valence-electron chi connectivity index (χ3n) is 10.4. The maximum Gasteiger partial charge on any atom is 0.407 e. The zero-order chi connectivity index (χ0) is 40.6. The van der Waals surface area contributed by atoms with Gasteiger partial charge in [-0.05, 0) is 78.5 Å². The molecule has 296 valence electrons. The van der Waals surface area contributed by atoms with Crippen molar-refractivity contribution < 1.29 is 29.0 Å². The maximum atomic E-state index is 13.6. The number of likely N-dealkylation sites (tertiary alicyclic amines) is 2. The number of imidazole rings is 2. The van der Waals surface area contributed by atoms with Crippen molar-refractivity contribution in [3.63, 3.8) is 0 Å². The Hall–Kier alpha value is -6.54. The topological polar surface area (TPSA) is 186 Å². The van der Waals surface area contributed by atoms with E-state index in [1.54, 1.807) is 22.2 Å². The van der Waals surface area contributed by atoms with Crippen LogP contribution in [-0.2, 0) is 14.3 Å². The molecule has 14 heteroatoms. The van der Waals surface area contributed by atoms with Crippen molar-refractivity contribution in [1.82, 2.24) is 40.4 Å². The van der Waals surface area contributed by atoms with Gasteiger partial charge in [0.1, 0.15) is 29.4 Å². The quantitative estimate of drug-likeness (QED) is 0.124. The van der Waals surface area contributed by atoms with Gasteiger partial charge in [0, 0.05) is 24.2 Å². The van der Waals surface area contributed by atoms with Crippen molar-refractivity contribution in [3.05, 3.63) is 83.8 Å². The Morgan fingerprint density at radius 3 is 2.00 bits per heavy atom. The zero-order valence-corrected chi connectivity index (χ0v) is 32.8. The molecule has 4 aromatic rings. The SMILES string of the molecule is COC(=O)NC(C(=O)N1CCCC1c1ncc(-c2ccc(C#CC#Cc3cnc(C4CCCN4C(=O)[C@@H](NC(=O)O)C(C)C)[nH]3)c(-c3ccccc3)c2)[nH]1)C(C)C. The minimum absolute atomic E-state index is 0.131. The van der Waals surface area contributed by atoms with Crippen LogP contribution < -0.4 is 10.6 Å². The summed E-state index contributed by atoms with van der Waals surface area (Å²) in [6.07, 6.45) is 4.57. The first kappa shape index (κ1) is 40.1. The minimum Gasteiger partial charge on any atom is -0.465 e. The number of amides is 4. The molecular formula is C43H48N8O6. The Morgan fingerprint density at radius 1 is 0.789 bits per heavy atom. The smallest absolute Gasteiger partial charge is 0.407 e. The van der Waals surface area contributed by atoms with E-state index in [1.807, 2.05) is 70.2 Å². The van der Waals surface area contributed by atoms with Gasteiger partial charge in [0.15, 0.2) is 0 Å². The fraction of sp³-hybridized carbons (Fsp3) is 0.395. The molecule has 2 aliphatic heterocycles. The molecule has 0 bridgehead atoms. The molecule has 2 aromatic heterocycles. The number of carbonyl (C=O) groups excluding carboxylic acids is 3. The predicted octanol–water partition coefficient (Wildman–Crippen LogP) is 5.87. The molecule has 4 atom stereocenters. The molecule has 2 fully saturated rings. The van der Waals surface area contributed by atoms with E-state index in [-0.39, 0.29) is 35.7 Å². The lowest BCUT2D eigenvalue weighted by Crippen LogP contribution is -2.51. The van der Waals surface area contributed by atoms with Crippen LogP contribution in [0.5, 0.6) is 0 Å². The van der Waals surface area contributed by atoms with E-state index in [9.17, 15) is 24.3 Å². The van der Waals surface area contributed by atoms with Gasteiger partial charge in [0.25, 0.3) is 0 Å². The molecule has 4 amide bonds. The van der Waals surface area contributed by atoms with Crippen molar-refractivity contribution in [2.24, 2.45) is 11.8 Å². The number of hydrogen-bond donors (Lipinski definition) is 5. The summed E-state index contributed by atoms with van der Waals surface area (Å²) in [7, 11) is 1.28. The average Bonchev–Trinajstić information content (AvgIpc) is 4.04. The first-order chi connectivity index (χ1) is 27.4. The van der Waals surface area contributed by atoms with Crippen molar-refractivity contribution in [1.29, 1.82) is 0 Å². The van der Waals surface area contributed by atoms with Crippen LogP contribution in [-0.4, -0.2) is 91.1 Å². The molecule has 57 heavy (non-hydrogen) atoms. The van der Waals surface area contributed by atoms with E-state index in [0.717, 1.165) is 47.2 Å². The van der Waals surface area contributed by atoms with Gasteiger partial charge in [0.2, 0.25) is 11.8 Å². The third kappa shape index (κ3) is 9.30. The van der Waals surface area contributed by atoms with Crippen molar-refractivity contribution in [2.45, 2.75) is 77.5 Å². The minimum atomic E-state index is -1.23. The molecule has 5 N–H and O–H groups in total. The van der Waals surface area contributed by atoms with Crippen molar-refractivity contribution in [3.8, 4) is 46.1 Å². The number of benzene rings is 2. The normalized spacial score (nSPS) is 17.3. The van der Waals surface area contributed by atoms with Crippen LogP contribution in [0.15, 0.2) is 60.9 Å². The summed E-state index contributed by atoms with van der Waals surface area (Å²) in [5.41, 5.74) is 4.92. The van der Waals surface area contributed by atoms with Crippen LogP contribution in [0.4, 0.5) is 9.59 Å². The predicted molar refractivity (Wildman–Crippen MR) is 213 cm³/mol. The van der Waals surface area contributed by atoms with E-state index >= 15 is 0 Å². The highest BCUT2D eigenvalue weighted by molar-refractivity contribution is 5.87. The van der Waals surface area contributed by atoms with Gasteiger partial charge in [-0.2, -0.15) is 0 Å². The Morgan fingerprint density at radius 2 is 1.39 bits per heavy atom. The molecule has 4 heterocycles. The number of nitrogens with zero attached hydrogens (tertiary/aromatic N) is 4. The molecule has 2 aliphatic rings. The monoisotopic (exact) mass is 772 g/mol. The van der Waals surface area contributed by atoms with Crippen LogP contribution >= 0.6 is 0 Å². The number of hydrogen-bond acceptors (Lipinski definition) is 7. The molecule has 0 saturated carbocycles. The van der Waals surface area contributed by atoms with Gasteiger partial charge in [-0.15, -0.1) is 0 Å². The van der Waals surface area contributed by atoms with Gasteiger partial charge in [-0.25, -0.2) is 19.6 Å². The second kappa shape index (κ2) is 17.9. The third-order valence-corrected chi connectivity index (χ3v) is 10.4. The van der Waals surface area contributed by atoms with E-state index in [2.05, 4.69) is 55.3 Å². The number of carbonyl (C=O) groups is 4. The molecule has 0 spiro atoms. The van der Waals surface area contributed by atoms with Gasteiger partial charge in [-0.3, -0.25) is 9.59 Å². The molecule has 0 radical (unpaired) electrons. The van der Waals surface area contributed by atoms with E-state index in [0.29, 0.717) is 36.9 Å². The lowest BCUT2D eigenvalue weighted by molar-refractivity contribution is -0.136. The first-order valence-electron chi connectivity index (χ1n) is 19.2. The van der Waals surface area contributed by atoms with Gasteiger partial charge < -0.3 is 40.2 Å². The largest absolute Gasteiger partial charge is 0.465 e. The van der Waals surface area contributed by atoms with Crippen LogP contribution in [0, 0.1) is 35.5 Å². The summed E-state index contributed by atoms with van der Waals surface area (Å²) in [6, 6.07) is 13.8.